The van der Waals surface area contributed by atoms with E-state index in [1.165, 1.54) is 82.1 Å². The summed E-state index contributed by atoms with van der Waals surface area (Å²) in [5.74, 6) is 0. The molecule has 216 valence electrons. The van der Waals surface area contributed by atoms with Crippen LogP contribution in [0.3, 0.4) is 0 Å². The molecule has 0 N–H and O–H groups in total. The summed E-state index contributed by atoms with van der Waals surface area (Å²) >= 11 is 1.80. The van der Waals surface area contributed by atoms with Crippen molar-refractivity contribution in [2.45, 2.75) is 0 Å². The molecule has 46 heavy (non-hydrogen) atoms. The second-order valence-electron chi connectivity index (χ2n) is 11.8. The first-order valence-electron chi connectivity index (χ1n) is 15.7. The molecule has 0 atom stereocenters. The number of fused-ring (bicyclic) bond motifs is 5. The molecule has 0 amide bonds. The molecule has 0 saturated carbocycles. The van der Waals surface area contributed by atoms with Crippen LogP contribution in [0.15, 0.2) is 175 Å². The first-order valence-corrected chi connectivity index (χ1v) is 16.5. The first-order chi connectivity index (χ1) is 22.8. The van der Waals surface area contributed by atoms with Crippen molar-refractivity contribution in [1.82, 2.24) is 4.57 Å². The minimum Gasteiger partial charge on any atom is -0.309 e. The lowest BCUT2D eigenvalue weighted by Gasteiger charge is -2.12. The largest absolute Gasteiger partial charge is 0.309 e. The van der Waals surface area contributed by atoms with Crippen molar-refractivity contribution >= 4 is 43.2 Å². The molecular formula is C44H29NS. The third-order valence-electron chi connectivity index (χ3n) is 9.07. The van der Waals surface area contributed by atoms with Gasteiger partial charge in [0.05, 0.1) is 11.0 Å². The zero-order valence-electron chi connectivity index (χ0n) is 25.1. The lowest BCUT2D eigenvalue weighted by Crippen LogP contribution is -1.94. The Morgan fingerprint density at radius 2 is 0.870 bits per heavy atom. The molecule has 2 heteroatoms. The average Bonchev–Trinajstić information content (AvgIpc) is 3.75. The fraction of sp³-hybridized carbons (Fsp3) is 0. The van der Waals surface area contributed by atoms with Gasteiger partial charge in [-0.05, 0) is 104 Å². The molecule has 1 nitrogen and oxygen atoms in total. The highest BCUT2D eigenvalue weighted by atomic mass is 32.1. The van der Waals surface area contributed by atoms with Crippen LogP contribution < -0.4 is 0 Å². The van der Waals surface area contributed by atoms with Gasteiger partial charge in [-0.2, -0.15) is 0 Å². The van der Waals surface area contributed by atoms with E-state index >= 15 is 0 Å². The topological polar surface area (TPSA) is 4.93 Å². The van der Waals surface area contributed by atoms with E-state index in [0.29, 0.717) is 0 Å². The van der Waals surface area contributed by atoms with E-state index in [9.17, 15) is 0 Å². The molecule has 0 fully saturated rings. The van der Waals surface area contributed by atoms with Crippen LogP contribution in [-0.2, 0) is 0 Å². The van der Waals surface area contributed by atoms with Gasteiger partial charge in [-0.1, -0.05) is 115 Å². The smallest absolute Gasteiger partial charge is 0.0627 e. The van der Waals surface area contributed by atoms with Crippen LogP contribution in [0.2, 0.25) is 0 Å². The Hall–Kier alpha value is -5.70. The van der Waals surface area contributed by atoms with Crippen molar-refractivity contribution in [3.63, 3.8) is 0 Å². The third kappa shape index (κ3) is 4.54. The third-order valence-corrected chi connectivity index (χ3v) is 9.95. The molecule has 7 aromatic carbocycles. The van der Waals surface area contributed by atoms with Crippen LogP contribution >= 0.6 is 11.3 Å². The van der Waals surface area contributed by atoms with Gasteiger partial charge in [0.15, 0.2) is 0 Å². The Morgan fingerprint density at radius 3 is 1.48 bits per heavy atom. The molecule has 0 unspecified atom stereocenters. The molecule has 2 aromatic heterocycles. The number of hydrogen-bond donors (Lipinski definition) is 0. The molecular weight excluding hydrogens is 575 g/mol. The normalized spacial score (nSPS) is 11.5. The quantitative estimate of drug-likeness (QED) is 0.184. The Labute approximate surface area is 272 Å². The predicted octanol–water partition coefficient (Wildman–Crippen LogP) is 12.7. The summed E-state index contributed by atoms with van der Waals surface area (Å²) in [6.45, 7) is 0. The number of benzene rings is 7. The van der Waals surface area contributed by atoms with Crippen LogP contribution in [0, 0.1) is 0 Å². The molecule has 0 spiro atoms. The highest BCUT2D eigenvalue weighted by Gasteiger charge is 2.17. The zero-order valence-corrected chi connectivity index (χ0v) is 25.9. The molecule has 0 bridgehead atoms. The van der Waals surface area contributed by atoms with E-state index in [0.717, 1.165) is 0 Å². The van der Waals surface area contributed by atoms with Gasteiger partial charge >= 0.3 is 0 Å². The molecule has 0 saturated heterocycles. The fourth-order valence-corrected chi connectivity index (χ4v) is 7.61. The van der Waals surface area contributed by atoms with Crippen LogP contribution in [0.1, 0.15) is 0 Å². The maximum atomic E-state index is 2.45. The number of aromatic nitrogens is 1. The molecule has 0 aliphatic rings. The zero-order chi connectivity index (χ0) is 30.5. The lowest BCUT2D eigenvalue weighted by atomic mass is 9.93. The maximum absolute atomic E-state index is 2.45. The SMILES string of the molecule is c1ccc(-c2ccc(-n3c4ccc(-c5cc(-c6ccccc6)cc(-c6ccccc6)c5)cc4c4ccc5sccc5c43)cc2)cc1. The number of hydrogen-bond acceptors (Lipinski definition) is 1. The minimum atomic E-state index is 1.17. The summed E-state index contributed by atoms with van der Waals surface area (Å²) in [6.07, 6.45) is 0. The van der Waals surface area contributed by atoms with Gasteiger partial charge in [-0.25, -0.2) is 0 Å². The Kier molecular flexibility index (Phi) is 6.40. The van der Waals surface area contributed by atoms with Crippen molar-refractivity contribution in [3.8, 4) is 50.2 Å². The van der Waals surface area contributed by atoms with Gasteiger partial charge in [-0.3, -0.25) is 0 Å². The summed E-state index contributed by atoms with van der Waals surface area (Å²) < 4.78 is 3.76. The molecule has 0 aliphatic heterocycles. The fourth-order valence-electron chi connectivity index (χ4n) is 6.82. The van der Waals surface area contributed by atoms with Crippen molar-refractivity contribution in [3.05, 3.63) is 175 Å². The van der Waals surface area contributed by atoms with Crippen LogP contribution in [-0.4, -0.2) is 4.57 Å². The molecule has 0 radical (unpaired) electrons. The van der Waals surface area contributed by atoms with Gasteiger partial charge in [0.1, 0.15) is 0 Å². The second kappa shape index (κ2) is 11.0. The summed E-state index contributed by atoms with van der Waals surface area (Å²) in [4.78, 5) is 0. The number of thiophene rings is 1. The van der Waals surface area contributed by atoms with Gasteiger partial charge < -0.3 is 4.57 Å². The Balaban J connectivity index is 1.26. The van der Waals surface area contributed by atoms with Crippen molar-refractivity contribution in [2.75, 3.05) is 0 Å². The van der Waals surface area contributed by atoms with E-state index in [-0.39, 0.29) is 0 Å². The minimum absolute atomic E-state index is 1.17. The lowest BCUT2D eigenvalue weighted by molar-refractivity contribution is 1.19. The first kappa shape index (κ1) is 26.7. The van der Waals surface area contributed by atoms with Crippen molar-refractivity contribution in [1.29, 1.82) is 0 Å². The van der Waals surface area contributed by atoms with Gasteiger partial charge in [0.2, 0.25) is 0 Å². The van der Waals surface area contributed by atoms with Gasteiger partial charge in [0.25, 0.3) is 0 Å². The summed E-state index contributed by atoms with van der Waals surface area (Å²) in [6, 6.07) is 61.8. The molecule has 2 heterocycles. The summed E-state index contributed by atoms with van der Waals surface area (Å²) in [5.41, 5.74) is 13.4. The van der Waals surface area contributed by atoms with Gasteiger partial charge in [0, 0.05) is 26.5 Å². The van der Waals surface area contributed by atoms with E-state index in [2.05, 4.69) is 180 Å². The highest BCUT2D eigenvalue weighted by Crippen LogP contribution is 2.41. The standard InChI is InChI=1S/C44H29NS/c1-4-10-30(11-5-1)33-16-19-38(20-17-33)45-42-22-18-34(29-41(42)39-21-23-43-40(44(39)45)24-25-46-43)37-27-35(31-12-6-2-7-13-31)26-36(28-37)32-14-8-3-9-15-32/h1-29H. The highest BCUT2D eigenvalue weighted by molar-refractivity contribution is 7.17. The maximum Gasteiger partial charge on any atom is 0.0627 e. The predicted molar refractivity (Wildman–Crippen MR) is 198 cm³/mol. The molecule has 9 rings (SSSR count). The number of nitrogens with zero attached hydrogens (tertiary/aromatic N) is 1. The molecule has 0 aliphatic carbocycles. The monoisotopic (exact) mass is 603 g/mol. The Morgan fingerprint density at radius 1 is 0.348 bits per heavy atom. The summed E-state index contributed by atoms with van der Waals surface area (Å²) in [7, 11) is 0. The second-order valence-corrected chi connectivity index (χ2v) is 12.8. The van der Waals surface area contributed by atoms with E-state index < -0.39 is 0 Å². The van der Waals surface area contributed by atoms with Crippen LogP contribution in [0.25, 0.3) is 82.1 Å². The van der Waals surface area contributed by atoms with Crippen molar-refractivity contribution in [2.24, 2.45) is 0 Å². The van der Waals surface area contributed by atoms with Crippen molar-refractivity contribution < 1.29 is 0 Å². The van der Waals surface area contributed by atoms with E-state index in [1.54, 1.807) is 11.3 Å². The number of rotatable bonds is 5. The van der Waals surface area contributed by atoms with Crippen LogP contribution in [0.4, 0.5) is 0 Å². The molecule has 9 aromatic rings. The van der Waals surface area contributed by atoms with E-state index in [4.69, 9.17) is 0 Å². The summed E-state index contributed by atoms with van der Waals surface area (Å²) in [5, 5.41) is 6.04. The van der Waals surface area contributed by atoms with Gasteiger partial charge in [-0.15, -0.1) is 11.3 Å². The average molecular weight is 604 g/mol. The van der Waals surface area contributed by atoms with E-state index in [1.807, 2.05) is 0 Å². The Bertz CT molecular complexity index is 2430. The van der Waals surface area contributed by atoms with Crippen LogP contribution in [0.5, 0.6) is 0 Å².